The van der Waals surface area contributed by atoms with Gasteiger partial charge in [0.25, 0.3) is 0 Å². The monoisotopic (exact) mass is 339 g/mol. The quantitative estimate of drug-likeness (QED) is 0.911. The minimum Gasteiger partial charge on any atom is -0.389 e. The third-order valence-corrected chi connectivity index (χ3v) is 3.57. The molecule has 1 unspecified atom stereocenters. The van der Waals surface area contributed by atoms with Crippen LogP contribution < -0.4 is 0 Å². The van der Waals surface area contributed by atoms with Crippen molar-refractivity contribution in [1.82, 2.24) is 4.98 Å². The molecule has 0 radical (unpaired) electrons. The van der Waals surface area contributed by atoms with Crippen molar-refractivity contribution >= 4 is 27.5 Å². The second-order valence-electron chi connectivity index (χ2n) is 4.94. The molecule has 2 rings (SSSR count). The van der Waals surface area contributed by atoms with Crippen LogP contribution in [0, 0.1) is 0 Å². The van der Waals surface area contributed by atoms with Gasteiger partial charge in [-0.1, -0.05) is 23.7 Å². The second kappa shape index (κ2) is 6.04. The molecule has 0 amide bonds. The normalized spacial score (nSPS) is 14.1. The van der Waals surface area contributed by atoms with Crippen LogP contribution in [0.1, 0.15) is 18.2 Å². The topological polar surface area (TPSA) is 33.1 Å². The Morgan fingerprint density at radius 3 is 2.42 bits per heavy atom. The van der Waals surface area contributed by atoms with Crippen molar-refractivity contribution in [2.24, 2.45) is 0 Å². The number of aliphatic hydroxyl groups is 1. The van der Waals surface area contributed by atoms with Crippen LogP contribution in [0.2, 0.25) is 5.02 Å². The van der Waals surface area contributed by atoms with E-state index in [1.54, 1.807) is 6.20 Å². The van der Waals surface area contributed by atoms with Gasteiger partial charge in [-0.05, 0) is 52.7 Å². The summed E-state index contributed by atoms with van der Waals surface area (Å²) in [6.07, 6.45) is 2.83. The van der Waals surface area contributed by atoms with E-state index < -0.39 is 5.60 Å². The van der Waals surface area contributed by atoms with E-state index in [4.69, 9.17) is 11.6 Å². The molecule has 1 N–H and O–H groups in total. The van der Waals surface area contributed by atoms with Crippen LogP contribution in [0.5, 0.6) is 0 Å². The Morgan fingerprint density at radius 2 is 1.84 bits per heavy atom. The zero-order valence-corrected chi connectivity index (χ0v) is 12.9. The summed E-state index contributed by atoms with van der Waals surface area (Å²) in [6, 6.07) is 11.4. The van der Waals surface area contributed by atoms with E-state index >= 15 is 0 Å². The first-order chi connectivity index (χ1) is 8.94. The Morgan fingerprint density at radius 1 is 1.16 bits per heavy atom. The first kappa shape index (κ1) is 14.5. The average Bonchev–Trinajstić information content (AvgIpc) is 2.34. The molecule has 1 heterocycles. The molecule has 100 valence electrons. The molecule has 1 aromatic carbocycles. The molecule has 4 heteroatoms. The van der Waals surface area contributed by atoms with Crippen molar-refractivity contribution in [3.05, 3.63) is 63.3 Å². The Bertz CT molecular complexity index is 488. The van der Waals surface area contributed by atoms with Crippen LogP contribution >= 0.6 is 27.5 Å². The fourth-order valence-corrected chi connectivity index (χ4v) is 2.37. The Kier molecular flexibility index (Phi) is 4.61. The van der Waals surface area contributed by atoms with Gasteiger partial charge in [-0.2, -0.15) is 0 Å². The largest absolute Gasteiger partial charge is 0.389 e. The number of pyridine rings is 1. The van der Waals surface area contributed by atoms with Gasteiger partial charge in [-0.15, -0.1) is 0 Å². The third-order valence-electron chi connectivity index (χ3n) is 2.85. The summed E-state index contributed by atoms with van der Waals surface area (Å²) < 4.78 is 0.939. The standard InChI is InChI=1S/C15H15BrClNO/c1-15(19,8-11-2-5-13(17)6-3-11)9-14-7-4-12(16)10-18-14/h2-7,10,19H,8-9H2,1H3. The van der Waals surface area contributed by atoms with Crippen molar-refractivity contribution in [3.8, 4) is 0 Å². The fourth-order valence-electron chi connectivity index (χ4n) is 2.01. The number of hydrogen-bond acceptors (Lipinski definition) is 2. The van der Waals surface area contributed by atoms with Crippen LogP contribution in [0.25, 0.3) is 0 Å². The summed E-state index contributed by atoms with van der Waals surface area (Å²) in [5.74, 6) is 0. The summed E-state index contributed by atoms with van der Waals surface area (Å²) in [4.78, 5) is 4.29. The molecule has 0 fully saturated rings. The maximum absolute atomic E-state index is 10.5. The van der Waals surface area contributed by atoms with E-state index in [1.807, 2.05) is 43.3 Å². The highest BCUT2D eigenvalue weighted by atomic mass is 79.9. The SMILES string of the molecule is CC(O)(Cc1ccc(Cl)cc1)Cc1ccc(Br)cn1. The van der Waals surface area contributed by atoms with Gasteiger partial charge in [0.15, 0.2) is 0 Å². The van der Waals surface area contributed by atoms with E-state index in [0.717, 1.165) is 15.7 Å². The van der Waals surface area contributed by atoms with Gasteiger partial charge in [0.2, 0.25) is 0 Å². The molecule has 2 aromatic rings. The van der Waals surface area contributed by atoms with Crippen LogP contribution in [0.4, 0.5) is 0 Å². The molecule has 0 bridgehead atoms. The number of nitrogens with zero attached hydrogens (tertiary/aromatic N) is 1. The summed E-state index contributed by atoms with van der Waals surface area (Å²) in [5.41, 5.74) is 1.11. The number of rotatable bonds is 4. The van der Waals surface area contributed by atoms with E-state index in [0.29, 0.717) is 17.9 Å². The smallest absolute Gasteiger partial charge is 0.0715 e. The van der Waals surface area contributed by atoms with Crippen LogP contribution in [0.3, 0.4) is 0 Å². The van der Waals surface area contributed by atoms with Crippen molar-refractivity contribution in [3.63, 3.8) is 0 Å². The van der Waals surface area contributed by atoms with Gasteiger partial charge in [-0.3, -0.25) is 4.98 Å². The second-order valence-corrected chi connectivity index (χ2v) is 6.30. The lowest BCUT2D eigenvalue weighted by molar-refractivity contribution is 0.0598. The highest BCUT2D eigenvalue weighted by Crippen LogP contribution is 2.20. The van der Waals surface area contributed by atoms with Gasteiger partial charge in [0.1, 0.15) is 0 Å². The fraction of sp³-hybridized carbons (Fsp3) is 0.267. The van der Waals surface area contributed by atoms with Gasteiger partial charge in [-0.25, -0.2) is 0 Å². The zero-order valence-electron chi connectivity index (χ0n) is 10.6. The van der Waals surface area contributed by atoms with Crippen LogP contribution in [0.15, 0.2) is 47.1 Å². The Hall–Kier alpha value is -0.900. The molecule has 2 nitrogen and oxygen atoms in total. The van der Waals surface area contributed by atoms with Gasteiger partial charge in [0, 0.05) is 34.2 Å². The van der Waals surface area contributed by atoms with E-state index in [9.17, 15) is 5.11 Å². The molecule has 0 saturated heterocycles. The maximum Gasteiger partial charge on any atom is 0.0715 e. The lowest BCUT2D eigenvalue weighted by Gasteiger charge is -2.23. The molecule has 0 aliphatic carbocycles. The lowest BCUT2D eigenvalue weighted by atomic mass is 9.92. The van der Waals surface area contributed by atoms with Crippen molar-refractivity contribution in [2.75, 3.05) is 0 Å². The molecule has 0 saturated carbocycles. The molecule has 1 aromatic heterocycles. The van der Waals surface area contributed by atoms with Crippen molar-refractivity contribution in [1.29, 1.82) is 0 Å². The first-order valence-corrected chi connectivity index (χ1v) is 7.19. The molecule has 0 spiro atoms. The van der Waals surface area contributed by atoms with Crippen molar-refractivity contribution in [2.45, 2.75) is 25.4 Å². The molecule has 0 aliphatic rings. The van der Waals surface area contributed by atoms with Crippen LogP contribution in [-0.2, 0) is 12.8 Å². The summed E-state index contributed by atoms with van der Waals surface area (Å²) in [6.45, 7) is 1.82. The van der Waals surface area contributed by atoms with E-state index in [-0.39, 0.29) is 0 Å². The summed E-state index contributed by atoms with van der Waals surface area (Å²) >= 11 is 9.20. The van der Waals surface area contributed by atoms with E-state index in [1.165, 1.54) is 0 Å². The van der Waals surface area contributed by atoms with Crippen LogP contribution in [-0.4, -0.2) is 15.7 Å². The minimum absolute atomic E-state index is 0.517. The van der Waals surface area contributed by atoms with Crippen molar-refractivity contribution < 1.29 is 5.11 Å². The predicted molar refractivity (Wildman–Crippen MR) is 81.4 cm³/mol. The van der Waals surface area contributed by atoms with Gasteiger partial charge >= 0.3 is 0 Å². The Labute approximate surface area is 126 Å². The average molecular weight is 341 g/mol. The molecular weight excluding hydrogens is 326 g/mol. The minimum atomic E-state index is -0.825. The zero-order chi connectivity index (χ0) is 13.9. The molecule has 0 aliphatic heterocycles. The summed E-state index contributed by atoms with van der Waals surface area (Å²) in [7, 11) is 0. The molecular formula is C15H15BrClNO. The summed E-state index contributed by atoms with van der Waals surface area (Å²) in [5, 5.41) is 11.2. The predicted octanol–water partition coefficient (Wildman–Crippen LogP) is 4.03. The number of hydrogen-bond donors (Lipinski definition) is 1. The number of benzene rings is 1. The third kappa shape index (κ3) is 4.60. The highest BCUT2D eigenvalue weighted by Gasteiger charge is 2.22. The molecule has 1 atom stereocenters. The maximum atomic E-state index is 10.5. The number of halogens is 2. The van der Waals surface area contributed by atoms with E-state index in [2.05, 4.69) is 20.9 Å². The number of aromatic nitrogens is 1. The first-order valence-electron chi connectivity index (χ1n) is 6.02. The lowest BCUT2D eigenvalue weighted by Crippen LogP contribution is -2.30. The van der Waals surface area contributed by atoms with Gasteiger partial charge < -0.3 is 5.11 Å². The molecule has 19 heavy (non-hydrogen) atoms. The Balaban J connectivity index is 2.05. The van der Waals surface area contributed by atoms with Gasteiger partial charge in [0.05, 0.1) is 5.60 Å². The highest BCUT2D eigenvalue weighted by molar-refractivity contribution is 9.10.